The summed E-state index contributed by atoms with van der Waals surface area (Å²) in [5.74, 6) is 0. The van der Waals surface area contributed by atoms with E-state index in [4.69, 9.17) is 0 Å². The van der Waals surface area contributed by atoms with Crippen LogP contribution in [0.3, 0.4) is 0 Å². The Morgan fingerprint density at radius 3 is 2.04 bits per heavy atom. The van der Waals surface area contributed by atoms with E-state index in [1.54, 1.807) is 22.3 Å². The van der Waals surface area contributed by atoms with Crippen LogP contribution in [0, 0.1) is 0 Å². The average Bonchev–Trinajstić information content (AvgIpc) is 3.19. The van der Waals surface area contributed by atoms with E-state index in [0.717, 1.165) is 11.3 Å². The summed E-state index contributed by atoms with van der Waals surface area (Å²) in [4.78, 5) is 0. The van der Waals surface area contributed by atoms with Crippen molar-refractivity contribution in [2.75, 3.05) is 6.16 Å². The van der Waals surface area contributed by atoms with Gasteiger partial charge in [-0.25, -0.2) is 0 Å². The van der Waals surface area contributed by atoms with Crippen LogP contribution in [0.4, 0.5) is 0 Å². The van der Waals surface area contributed by atoms with Gasteiger partial charge in [0.2, 0.25) is 0 Å². The van der Waals surface area contributed by atoms with Crippen molar-refractivity contribution in [2.24, 2.45) is 0 Å². The quantitative estimate of drug-likeness (QED) is 0.351. The Labute approximate surface area is 168 Å². The third-order valence-electron chi connectivity index (χ3n) is 6.40. The first-order valence-corrected chi connectivity index (χ1v) is 14.0. The highest BCUT2D eigenvalue weighted by molar-refractivity contribution is 7.62. The van der Waals surface area contributed by atoms with Crippen molar-refractivity contribution in [2.45, 2.75) is 75.8 Å². The molecule has 0 nitrogen and oxygen atoms in total. The van der Waals surface area contributed by atoms with Gasteiger partial charge >= 0.3 is 0 Å². The zero-order valence-corrected chi connectivity index (χ0v) is 19.2. The van der Waals surface area contributed by atoms with Gasteiger partial charge in [-0.05, 0) is 52.3 Å². The van der Waals surface area contributed by atoms with Gasteiger partial charge in [-0.2, -0.15) is 0 Å². The Kier molecular flexibility index (Phi) is 5.79. The summed E-state index contributed by atoms with van der Waals surface area (Å²) < 4.78 is 0. The highest BCUT2D eigenvalue weighted by Crippen LogP contribution is 2.78. The average molecular weight is 396 g/mol. The summed E-state index contributed by atoms with van der Waals surface area (Å²) in [6.07, 6.45) is 8.32. The topological polar surface area (TPSA) is 0 Å². The van der Waals surface area contributed by atoms with Crippen molar-refractivity contribution < 1.29 is 0 Å². The molecule has 2 aromatic carbocycles. The zero-order valence-electron chi connectivity index (χ0n) is 17.4. The lowest BCUT2D eigenvalue weighted by molar-refractivity contribution is 0.751. The first kappa shape index (κ1) is 19.6. The molecule has 2 aromatic rings. The SMILES string of the molecule is CCCCC[P@@]1Cc2ccccc2[C@@H]1[C@H]1c2ccccc2C[P@]1C(C)(C)C. The number of benzene rings is 2. The predicted molar refractivity (Wildman–Crippen MR) is 124 cm³/mol. The molecule has 0 N–H and O–H groups in total. The van der Waals surface area contributed by atoms with Crippen LogP contribution in [0.15, 0.2) is 48.5 Å². The van der Waals surface area contributed by atoms with Crippen LogP contribution in [0.25, 0.3) is 0 Å². The standard InChI is InChI=1S/C25H34P2/c1-5-6-11-16-26-17-19-12-7-9-14-21(19)23(26)24-22-15-10-8-13-20(22)18-27(24)25(2,3)4/h7-10,12-15,23-24H,5-6,11,16-18H2,1-4H3/t23-,24-,26+,27+/m1/s1. The fraction of sp³-hybridized carbons (Fsp3) is 0.520. The highest BCUT2D eigenvalue weighted by Gasteiger charge is 2.47. The van der Waals surface area contributed by atoms with E-state index in [1.807, 2.05) is 0 Å². The van der Waals surface area contributed by atoms with E-state index in [-0.39, 0.29) is 15.8 Å². The number of hydrogen-bond acceptors (Lipinski definition) is 0. The van der Waals surface area contributed by atoms with E-state index in [9.17, 15) is 0 Å². The summed E-state index contributed by atoms with van der Waals surface area (Å²) in [6, 6.07) is 18.9. The normalized spacial score (nSPS) is 26.8. The lowest BCUT2D eigenvalue weighted by atomic mass is 9.98. The second kappa shape index (κ2) is 7.97. The monoisotopic (exact) mass is 396 g/mol. The minimum atomic E-state index is -0.0410. The summed E-state index contributed by atoms with van der Waals surface area (Å²) in [7, 11) is 0.0190. The lowest BCUT2D eigenvalue weighted by Gasteiger charge is -2.39. The van der Waals surface area contributed by atoms with Crippen LogP contribution in [0.2, 0.25) is 0 Å². The summed E-state index contributed by atoms with van der Waals surface area (Å²) in [5, 5.41) is 0.418. The van der Waals surface area contributed by atoms with Crippen molar-refractivity contribution in [3.05, 3.63) is 70.8 Å². The van der Waals surface area contributed by atoms with Gasteiger partial charge in [0.15, 0.2) is 0 Å². The predicted octanol–water partition coefficient (Wildman–Crippen LogP) is 8.45. The van der Waals surface area contributed by atoms with E-state index >= 15 is 0 Å². The second-order valence-electron chi connectivity index (χ2n) is 9.26. The molecule has 0 bridgehead atoms. The fourth-order valence-corrected chi connectivity index (χ4v) is 12.5. The third-order valence-corrected chi connectivity index (χ3v) is 13.3. The molecular formula is C25H34P2. The molecule has 0 radical (unpaired) electrons. The van der Waals surface area contributed by atoms with Crippen molar-refractivity contribution >= 4 is 15.8 Å². The van der Waals surface area contributed by atoms with Crippen molar-refractivity contribution in [3.63, 3.8) is 0 Å². The molecule has 2 aliphatic rings. The zero-order chi connectivity index (χ0) is 19.0. The van der Waals surface area contributed by atoms with Crippen LogP contribution >= 0.6 is 15.8 Å². The van der Waals surface area contributed by atoms with Crippen LogP contribution in [-0.2, 0) is 12.3 Å². The van der Waals surface area contributed by atoms with E-state index in [1.165, 1.54) is 37.7 Å². The number of hydrogen-bond donors (Lipinski definition) is 0. The van der Waals surface area contributed by atoms with Crippen LogP contribution in [0.5, 0.6) is 0 Å². The highest BCUT2D eigenvalue weighted by atomic mass is 31.1. The van der Waals surface area contributed by atoms with E-state index < -0.39 is 0 Å². The van der Waals surface area contributed by atoms with Crippen molar-refractivity contribution in [3.8, 4) is 0 Å². The number of rotatable bonds is 5. The molecular weight excluding hydrogens is 362 g/mol. The summed E-state index contributed by atoms with van der Waals surface area (Å²) >= 11 is 0. The molecule has 0 fully saturated rings. The van der Waals surface area contributed by atoms with Crippen LogP contribution in [-0.4, -0.2) is 11.3 Å². The molecule has 2 heterocycles. The Morgan fingerprint density at radius 2 is 1.41 bits per heavy atom. The Bertz CT molecular complexity index is 789. The first-order chi connectivity index (χ1) is 13.0. The van der Waals surface area contributed by atoms with Gasteiger partial charge in [-0.15, -0.1) is 0 Å². The Morgan fingerprint density at radius 1 is 0.815 bits per heavy atom. The summed E-state index contributed by atoms with van der Waals surface area (Å²) in [5.41, 5.74) is 8.28. The number of fused-ring (bicyclic) bond motifs is 2. The molecule has 0 spiro atoms. The van der Waals surface area contributed by atoms with Gasteiger partial charge in [0, 0.05) is 11.3 Å². The summed E-state index contributed by atoms with van der Waals surface area (Å²) in [6.45, 7) is 9.83. The molecule has 2 aliphatic heterocycles. The van der Waals surface area contributed by atoms with Gasteiger partial charge < -0.3 is 0 Å². The maximum atomic E-state index is 2.50. The maximum Gasteiger partial charge on any atom is 0.0161 e. The van der Waals surface area contributed by atoms with Gasteiger partial charge in [0.05, 0.1) is 0 Å². The minimum absolute atomic E-state index is 0.0410. The van der Waals surface area contributed by atoms with Crippen LogP contribution in [0.1, 0.15) is 80.5 Å². The van der Waals surface area contributed by atoms with Crippen molar-refractivity contribution in [1.82, 2.24) is 0 Å². The molecule has 4 atom stereocenters. The largest absolute Gasteiger partial charge is 0.0935 e. The molecule has 4 rings (SSSR count). The van der Waals surface area contributed by atoms with Crippen LogP contribution < -0.4 is 0 Å². The Hall–Kier alpha value is -0.700. The van der Waals surface area contributed by atoms with E-state index in [0.29, 0.717) is 5.16 Å². The second-order valence-corrected chi connectivity index (χ2v) is 14.9. The fourth-order valence-electron chi connectivity index (χ4n) is 5.04. The van der Waals surface area contributed by atoms with E-state index in [2.05, 4.69) is 76.2 Å². The Balaban J connectivity index is 1.76. The van der Waals surface area contributed by atoms with Gasteiger partial charge in [0.25, 0.3) is 0 Å². The van der Waals surface area contributed by atoms with Crippen molar-refractivity contribution in [1.29, 1.82) is 0 Å². The molecule has 144 valence electrons. The smallest absolute Gasteiger partial charge is 0.0161 e. The third kappa shape index (κ3) is 3.78. The molecule has 27 heavy (non-hydrogen) atoms. The molecule has 0 amide bonds. The molecule has 0 saturated heterocycles. The van der Waals surface area contributed by atoms with Gasteiger partial charge in [0.1, 0.15) is 0 Å². The number of unbranched alkanes of at least 4 members (excludes halogenated alkanes) is 2. The lowest BCUT2D eigenvalue weighted by Crippen LogP contribution is -2.17. The minimum Gasteiger partial charge on any atom is -0.0935 e. The molecule has 0 unspecified atom stereocenters. The molecule has 0 aromatic heterocycles. The molecule has 0 aliphatic carbocycles. The maximum absolute atomic E-state index is 2.50. The first-order valence-electron chi connectivity index (χ1n) is 10.7. The van der Waals surface area contributed by atoms with Gasteiger partial charge in [-0.3, -0.25) is 0 Å². The van der Waals surface area contributed by atoms with Gasteiger partial charge in [-0.1, -0.05) is 105 Å². The molecule has 2 heteroatoms. The molecule has 0 saturated carbocycles.